The van der Waals surface area contributed by atoms with Crippen molar-refractivity contribution in [2.45, 2.75) is 89.2 Å². The Labute approximate surface area is 185 Å². The highest BCUT2D eigenvalue weighted by Crippen LogP contribution is 2.22. The SMILES string of the molecule is CC(=O)NC1C(O)[C@@H](O)C(CO)O[C@H]1OCCCCCC(=O)NC(C)C(C)OI. The quantitative estimate of drug-likeness (QED) is 0.171. The molecule has 11 heteroatoms. The van der Waals surface area contributed by atoms with E-state index in [-0.39, 0.29) is 24.7 Å². The second-order valence-electron chi connectivity index (χ2n) is 7.26. The molecule has 2 amide bonds. The molecule has 0 aliphatic carbocycles. The number of aliphatic hydroxyl groups is 3. The van der Waals surface area contributed by atoms with E-state index in [1.54, 1.807) is 0 Å². The zero-order valence-corrected chi connectivity index (χ0v) is 19.2. The molecule has 0 aromatic heterocycles. The number of aliphatic hydroxyl groups excluding tert-OH is 3. The lowest BCUT2D eigenvalue weighted by molar-refractivity contribution is -0.270. The van der Waals surface area contributed by atoms with E-state index in [4.69, 9.17) is 12.5 Å². The summed E-state index contributed by atoms with van der Waals surface area (Å²) >= 11 is 1.81. The molecule has 1 heterocycles. The molecular weight excluding hydrogens is 499 g/mol. The maximum absolute atomic E-state index is 11.9. The Morgan fingerprint density at radius 1 is 1.17 bits per heavy atom. The van der Waals surface area contributed by atoms with Crippen molar-refractivity contribution in [2.24, 2.45) is 0 Å². The number of rotatable bonds is 12. The van der Waals surface area contributed by atoms with Crippen LogP contribution in [-0.2, 0) is 22.1 Å². The number of carbonyl (C=O) groups is 2. The first-order chi connectivity index (χ1) is 13.7. The number of hydrogen-bond donors (Lipinski definition) is 5. The number of nitrogens with one attached hydrogen (secondary N) is 2. The average Bonchev–Trinajstić information content (AvgIpc) is 2.68. The summed E-state index contributed by atoms with van der Waals surface area (Å²) in [5.74, 6) is -0.439. The first-order valence-corrected chi connectivity index (χ1v) is 10.7. The van der Waals surface area contributed by atoms with Crippen LogP contribution in [-0.4, -0.2) is 83.1 Å². The third-order valence-corrected chi connectivity index (χ3v) is 5.62. The molecule has 0 bridgehead atoms. The summed E-state index contributed by atoms with van der Waals surface area (Å²) in [5, 5.41) is 34.8. The normalized spacial score (nSPS) is 29.1. The van der Waals surface area contributed by atoms with Gasteiger partial charge in [-0.3, -0.25) is 9.59 Å². The Hall–Kier alpha value is -0.570. The summed E-state index contributed by atoms with van der Waals surface area (Å²) in [4.78, 5) is 23.3. The topological polar surface area (TPSA) is 147 Å². The molecule has 7 atom stereocenters. The Balaban J connectivity index is 2.35. The number of hydrogen-bond acceptors (Lipinski definition) is 8. The van der Waals surface area contributed by atoms with Crippen LogP contribution in [0.25, 0.3) is 0 Å². The van der Waals surface area contributed by atoms with Gasteiger partial charge in [0, 0.05) is 20.0 Å². The van der Waals surface area contributed by atoms with Gasteiger partial charge in [0.15, 0.2) is 6.29 Å². The van der Waals surface area contributed by atoms with Crippen LogP contribution in [0.2, 0.25) is 0 Å². The molecule has 0 aromatic rings. The first kappa shape index (κ1) is 26.5. The van der Waals surface area contributed by atoms with E-state index in [1.165, 1.54) is 6.92 Å². The lowest BCUT2D eigenvalue weighted by Gasteiger charge is -2.42. The molecule has 1 fully saturated rings. The third-order valence-electron chi connectivity index (χ3n) is 4.81. The van der Waals surface area contributed by atoms with Crippen LogP contribution in [0.4, 0.5) is 0 Å². The van der Waals surface area contributed by atoms with E-state index in [2.05, 4.69) is 10.6 Å². The van der Waals surface area contributed by atoms with Crippen molar-refractivity contribution in [3.05, 3.63) is 0 Å². The summed E-state index contributed by atoms with van der Waals surface area (Å²) in [7, 11) is 0. The second-order valence-corrected chi connectivity index (χ2v) is 7.77. The molecular formula is C18H33IN2O8. The van der Waals surface area contributed by atoms with Gasteiger partial charge in [0.2, 0.25) is 11.8 Å². The van der Waals surface area contributed by atoms with Gasteiger partial charge in [0.05, 0.1) is 18.8 Å². The highest BCUT2D eigenvalue weighted by Gasteiger charge is 2.45. The summed E-state index contributed by atoms with van der Waals surface area (Å²) in [6, 6.07) is -1.02. The van der Waals surface area contributed by atoms with Crippen LogP contribution < -0.4 is 10.6 Å². The van der Waals surface area contributed by atoms with Crippen molar-refractivity contribution in [3.63, 3.8) is 0 Å². The predicted octanol–water partition coefficient (Wildman–Crippen LogP) is -0.233. The standard InChI is InChI=1S/C18H33IN2O8/c1-10(11(2)29-19)20-14(24)7-5-4-6-8-27-18-15(21-12(3)23)17(26)16(25)13(9-22)28-18/h10-11,13,15-18,22,25-26H,4-9H2,1-3H3,(H,20,24)(H,21,23)/t10?,11?,13?,15?,16-,17?,18+/m0/s1. The van der Waals surface area contributed by atoms with E-state index in [0.717, 1.165) is 6.42 Å². The van der Waals surface area contributed by atoms with E-state index >= 15 is 0 Å². The van der Waals surface area contributed by atoms with E-state index in [9.17, 15) is 24.9 Å². The van der Waals surface area contributed by atoms with E-state index in [1.807, 2.05) is 36.9 Å². The maximum atomic E-state index is 11.9. The molecule has 0 aromatic carbocycles. The van der Waals surface area contributed by atoms with Gasteiger partial charge < -0.3 is 38.5 Å². The average molecular weight is 532 g/mol. The Kier molecular flexibility index (Phi) is 12.5. The van der Waals surface area contributed by atoms with Crippen molar-refractivity contribution in [3.8, 4) is 0 Å². The van der Waals surface area contributed by atoms with Crippen molar-refractivity contribution < 1.29 is 37.4 Å². The van der Waals surface area contributed by atoms with E-state index in [0.29, 0.717) is 19.3 Å². The fourth-order valence-electron chi connectivity index (χ4n) is 2.90. The number of halogens is 1. The Morgan fingerprint density at radius 2 is 1.86 bits per heavy atom. The number of ether oxygens (including phenoxy) is 2. The summed E-state index contributed by atoms with van der Waals surface area (Å²) in [6.45, 7) is 4.84. The van der Waals surface area contributed by atoms with Crippen molar-refractivity contribution in [1.29, 1.82) is 0 Å². The molecule has 5 N–H and O–H groups in total. The summed E-state index contributed by atoms with van der Waals surface area (Å²) in [5.41, 5.74) is 0. The van der Waals surface area contributed by atoms with Crippen LogP contribution in [0, 0.1) is 0 Å². The molecule has 1 aliphatic heterocycles. The minimum atomic E-state index is -1.34. The smallest absolute Gasteiger partial charge is 0.220 e. The van der Waals surface area contributed by atoms with Gasteiger partial charge in [-0.05, 0) is 26.7 Å². The molecule has 1 aliphatic rings. The zero-order valence-electron chi connectivity index (χ0n) is 17.0. The van der Waals surface area contributed by atoms with Gasteiger partial charge in [-0.25, -0.2) is 0 Å². The minimum absolute atomic E-state index is 0.0389. The van der Waals surface area contributed by atoms with Gasteiger partial charge in [-0.1, -0.05) is 6.42 Å². The molecule has 0 radical (unpaired) electrons. The largest absolute Gasteiger partial charge is 0.394 e. The van der Waals surface area contributed by atoms with Crippen molar-refractivity contribution in [1.82, 2.24) is 10.6 Å². The van der Waals surface area contributed by atoms with Gasteiger partial charge in [0.1, 0.15) is 47.4 Å². The molecule has 0 saturated carbocycles. The third kappa shape index (κ3) is 8.99. The number of amides is 2. The van der Waals surface area contributed by atoms with E-state index < -0.39 is 43.2 Å². The number of unbranched alkanes of at least 4 members (excludes halogenated alkanes) is 2. The lowest BCUT2D eigenvalue weighted by atomic mass is 9.97. The van der Waals surface area contributed by atoms with Crippen LogP contribution >= 0.6 is 23.0 Å². The highest BCUT2D eigenvalue weighted by atomic mass is 127. The minimum Gasteiger partial charge on any atom is -0.394 e. The second kappa shape index (κ2) is 13.7. The Bertz CT molecular complexity index is 512. The fourth-order valence-corrected chi connectivity index (χ4v) is 3.34. The molecule has 29 heavy (non-hydrogen) atoms. The fraction of sp³-hybridized carbons (Fsp3) is 0.889. The molecule has 10 nitrogen and oxygen atoms in total. The molecule has 170 valence electrons. The lowest BCUT2D eigenvalue weighted by Crippen LogP contribution is -2.64. The number of carbonyl (C=O) groups excluding carboxylic acids is 2. The van der Waals surface area contributed by atoms with Crippen LogP contribution in [0.3, 0.4) is 0 Å². The first-order valence-electron chi connectivity index (χ1n) is 9.79. The highest BCUT2D eigenvalue weighted by molar-refractivity contribution is 14.1. The van der Waals surface area contributed by atoms with Crippen molar-refractivity contribution in [2.75, 3.05) is 13.2 Å². The van der Waals surface area contributed by atoms with Gasteiger partial charge >= 0.3 is 0 Å². The van der Waals surface area contributed by atoms with Crippen LogP contribution in [0.5, 0.6) is 0 Å². The zero-order chi connectivity index (χ0) is 22.0. The summed E-state index contributed by atoms with van der Waals surface area (Å²) in [6.07, 6.45) is -2.26. The van der Waals surface area contributed by atoms with Crippen LogP contribution in [0.1, 0.15) is 46.5 Å². The summed E-state index contributed by atoms with van der Waals surface area (Å²) < 4.78 is 16.2. The predicted molar refractivity (Wildman–Crippen MR) is 112 cm³/mol. The molecule has 1 saturated heterocycles. The molecule has 0 spiro atoms. The Morgan fingerprint density at radius 3 is 2.45 bits per heavy atom. The van der Waals surface area contributed by atoms with Crippen molar-refractivity contribution >= 4 is 34.8 Å². The maximum Gasteiger partial charge on any atom is 0.220 e. The van der Waals surface area contributed by atoms with Gasteiger partial charge in [-0.15, -0.1) is 0 Å². The molecule has 1 rings (SSSR count). The monoisotopic (exact) mass is 532 g/mol. The van der Waals surface area contributed by atoms with Gasteiger partial charge in [-0.2, -0.15) is 0 Å². The van der Waals surface area contributed by atoms with Gasteiger partial charge in [0.25, 0.3) is 0 Å². The molecule has 5 unspecified atom stereocenters. The van der Waals surface area contributed by atoms with Crippen LogP contribution in [0.15, 0.2) is 0 Å².